The van der Waals surface area contributed by atoms with Crippen molar-refractivity contribution in [2.45, 2.75) is 38.0 Å². The lowest BCUT2D eigenvalue weighted by atomic mass is 9.62. The maximum absolute atomic E-state index is 10.7. The number of pyridine rings is 2. The summed E-state index contributed by atoms with van der Waals surface area (Å²) in [5, 5.41) is 21.4. The molecule has 3 unspecified atom stereocenters. The van der Waals surface area contributed by atoms with Crippen LogP contribution >= 0.6 is 0 Å². The fourth-order valence-electron chi connectivity index (χ4n) is 9.68. The van der Waals surface area contributed by atoms with Crippen LogP contribution in [0.2, 0.25) is 0 Å². The Morgan fingerprint density at radius 2 is 1.28 bits per heavy atom. The Morgan fingerprint density at radius 3 is 1.98 bits per heavy atom. The van der Waals surface area contributed by atoms with Crippen molar-refractivity contribution in [3.8, 4) is 23.3 Å². The number of hydrogen-bond donors (Lipinski definition) is 0. The summed E-state index contributed by atoms with van der Waals surface area (Å²) < 4.78 is 0. The molecule has 2 aromatic heterocycles. The molecule has 4 aliphatic rings. The van der Waals surface area contributed by atoms with Crippen LogP contribution in [0.25, 0.3) is 16.7 Å². The summed E-state index contributed by atoms with van der Waals surface area (Å²) in [5.74, 6) is 1.63. The molecule has 3 atom stereocenters. The third kappa shape index (κ3) is 6.11. The van der Waals surface area contributed by atoms with E-state index < -0.39 is 0 Å². The molecule has 0 bridgehead atoms. The van der Waals surface area contributed by atoms with Crippen LogP contribution in [0.1, 0.15) is 53.0 Å². The molecule has 0 spiro atoms. The number of allylic oxidation sites excluding steroid dienone is 8. The van der Waals surface area contributed by atoms with E-state index in [1.165, 1.54) is 33.5 Å². The average molecular weight is 749 g/mol. The number of aromatic nitrogens is 2. The van der Waals surface area contributed by atoms with Crippen LogP contribution in [-0.4, -0.2) is 9.97 Å². The first kappa shape index (κ1) is 35.2. The van der Waals surface area contributed by atoms with Crippen molar-refractivity contribution in [3.63, 3.8) is 0 Å². The van der Waals surface area contributed by atoms with E-state index in [4.69, 9.17) is 9.97 Å². The van der Waals surface area contributed by atoms with Crippen molar-refractivity contribution < 1.29 is 0 Å². The molecular weight excluding hydrogens is 709 g/mol. The van der Waals surface area contributed by atoms with E-state index in [9.17, 15) is 10.5 Å². The Balaban J connectivity index is 1.09. The van der Waals surface area contributed by atoms with Crippen molar-refractivity contribution >= 4 is 28.6 Å². The van der Waals surface area contributed by atoms with Crippen LogP contribution in [0.5, 0.6) is 0 Å². The van der Waals surface area contributed by atoms with Crippen LogP contribution in [0, 0.1) is 34.5 Å². The molecule has 278 valence electrons. The van der Waals surface area contributed by atoms with Crippen molar-refractivity contribution in [2.24, 2.45) is 11.8 Å². The molecule has 6 nitrogen and oxygen atoms in total. The lowest BCUT2D eigenvalue weighted by molar-refractivity contribution is 0.426. The summed E-state index contributed by atoms with van der Waals surface area (Å²) in [5.41, 5.74) is 14.6. The third-order valence-electron chi connectivity index (χ3n) is 12.3. The molecule has 0 radical (unpaired) electrons. The zero-order chi connectivity index (χ0) is 39.0. The molecular formula is C52H40N6. The molecule has 4 aliphatic carbocycles. The van der Waals surface area contributed by atoms with Crippen molar-refractivity contribution in [2.75, 3.05) is 9.80 Å². The number of rotatable bonds is 8. The van der Waals surface area contributed by atoms with Crippen LogP contribution in [0.4, 0.5) is 23.0 Å². The quantitative estimate of drug-likeness (QED) is 0.154. The van der Waals surface area contributed by atoms with Gasteiger partial charge in [-0.3, -0.25) is 4.90 Å². The van der Waals surface area contributed by atoms with Crippen LogP contribution in [0.15, 0.2) is 181 Å². The first-order valence-corrected chi connectivity index (χ1v) is 20.1. The lowest BCUT2D eigenvalue weighted by Gasteiger charge is -2.47. The largest absolute Gasteiger partial charge is 0.301 e. The highest BCUT2D eigenvalue weighted by Gasteiger charge is 2.44. The van der Waals surface area contributed by atoms with Gasteiger partial charge in [0, 0.05) is 35.6 Å². The summed E-state index contributed by atoms with van der Waals surface area (Å²) in [6.07, 6.45) is 17.1. The molecule has 6 heteroatoms. The van der Waals surface area contributed by atoms with Gasteiger partial charge in [0.1, 0.15) is 17.7 Å². The molecule has 0 aliphatic heterocycles. The molecule has 0 saturated heterocycles. The average Bonchev–Trinajstić information content (AvgIpc) is 3.30. The standard InChI is InChI=1S/C52H40N6/c53-33-41-31-39(35-11-3-1-4-12-35)21-25-45(41)57(49-15-7-9-29-55-49)47-27-19-37-18-24-44-48(28-20-38-17-23-43(47)51(37)52(38)44)58(50-16-8-10-30-56-50)46-26-22-40(32-42(46)34-54)36-13-5-2-6-14-36/h1-16,19-22,25-31,42,44,52H,17-18,23-24,32H2. The molecule has 2 heterocycles. The number of nitriles is 2. The maximum atomic E-state index is 10.7. The molecule has 6 aromatic rings. The summed E-state index contributed by atoms with van der Waals surface area (Å²) in [4.78, 5) is 14.3. The fraction of sp³-hybridized carbons (Fsp3) is 0.154. The predicted molar refractivity (Wildman–Crippen MR) is 231 cm³/mol. The summed E-state index contributed by atoms with van der Waals surface area (Å²) >= 11 is 0. The number of anilines is 4. The fourth-order valence-corrected chi connectivity index (χ4v) is 9.68. The van der Waals surface area contributed by atoms with Crippen LogP contribution in [0.3, 0.4) is 0 Å². The maximum Gasteiger partial charge on any atom is 0.137 e. The predicted octanol–water partition coefficient (Wildman–Crippen LogP) is 11.9. The normalized spacial score (nSPS) is 18.9. The molecule has 4 aromatic carbocycles. The van der Waals surface area contributed by atoms with E-state index in [1.807, 2.05) is 73.1 Å². The van der Waals surface area contributed by atoms with Gasteiger partial charge in [-0.25, -0.2) is 9.97 Å². The van der Waals surface area contributed by atoms with Gasteiger partial charge in [-0.05, 0) is 126 Å². The van der Waals surface area contributed by atoms with Gasteiger partial charge in [0.2, 0.25) is 0 Å². The first-order chi connectivity index (χ1) is 28.7. The van der Waals surface area contributed by atoms with Crippen molar-refractivity contribution in [1.82, 2.24) is 9.97 Å². The first-order valence-electron chi connectivity index (χ1n) is 20.1. The molecule has 0 amide bonds. The summed E-state index contributed by atoms with van der Waals surface area (Å²) in [6.45, 7) is 0. The minimum absolute atomic E-state index is 0.181. The molecule has 0 N–H and O–H groups in total. The zero-order valence-electron chi connectivity index (χ0n) is 32.0. The second-order valence-electron chi connectivity index (χ2n) is 15.4. The molecule has 58 heavy (non-hydrogen) atoms. The van der Waals surface area contributed by atoms with Gasteiger partial charge in [-0.15, -0.1) is 0 Å². The van der Waals surface area contributed by atoms with E-state index >= 15 is 0 Å². The smallest absolute Gasteiger partial charge is 0.137 e. The Labute approximate surface area is 339 Å². The van der Waals surface area contributed by atoms with Gasteiger partial charge < -0.3 is 4.90 Å². The highest BCUT2D eigenvalue weighted by Crippen LogP contribution is 2.56. The topological polar surface area (TPSA) is 79.8 Å². The lowest BCUT2D eigenvalue weighted by Crippen LogP contribution is -2.38. The number of benzene rings is 4. The second-order valence-corrected chi connectivity index (χ2v) is 15.4. The van der Waals surface area contributed by atoms with E-state index in [1.54, 1.807) is 0 Å². The Morgan fingerprint density at radius 1 is 0.586 bits per heavy atom. The van der Waals surface area contributed by atoms with Gasteiger partial charge in [0.05, 0.1) is 28.9 Å². The highest BCUT2D eigenvalue weighted by molar-refractivity contribution is 5.84. The van der Waals surface area contributed by atoms with E-state index in [2.05, 4.69) is 113 Å². The number of aryl methyl sites for hydroxylation is 1. The Kier molecular flexibility index (Phi) is 9.09. The zero-order valence-corrected chi connectivity index (χ0v) is 32.0. The Hall–Kier alpha value is -7.28. The van der Waals surface area contributed by atoms with E-state index in [0.29, 0.717) is 12.0 Å². The van der Waals surface area contributed by atoms with Crippen LogP contribution in [-0.2, 0) is 12.8 Å². The minimum atomic E-state index is -0.340. The minimum Gasteiger partial charge on any atom is -0.301 e. The third-order valence-corrected chi connectivity index (χ3v) is 12.3. The number of hydrogen-bond acceptors (Lipinski definition) is 6. The van der Waals surface area contributed by atoms with Crippen molar-refractivity contribution in [1.29, 1.82) is 10.5 Å². The van der Waals surface area contributed by atoms with E-state index in [0.717, 1.165) is 71.1 Å². The van der Waals surface area contributed by atoms with Gasteiger partial charge >= 0.3 is 0 Å². The highest BCUT2D eigenvalue weighted by atomic mass is 15.2. The van der Waals surface area contributed by atoms with Gasteiger partial charge in [-0.1, -0.05) is 103 Å². The second kappa shape index (κ2) is 15.0. The van der Waals surface area contributed by atoms with Gasteiger partial charge in [0.25, 0.3) is 0 Å². The van der Waals surface area contributed by atoms with Gasteiger partial charge in [0.15, 0.2) is 0 Å². The molecule has 10 rings (SSSR count). The molecule has 0 saturated carbocycles. The van der Waals surface area contributed by atoms with E-state index in [-0.39, 0.29) is 17.8 Å². The molecule has 0 fully saturated rings. The van der Waals surface area contributed by atoms with Gasteiger partial charge in [-0.2, -0.15) is 10.5 Å². The summed E-state index contributed by atoms with van der Waals surface area (Å²) in [7, 11) is 0. The Bertz CT molecular complexity index is 2740. The number of nitrogens with zero attached hydrogens (tertiary/aromatic N) is 6. The summed E-state index contributed by atoms with van der Waals surface area (Å²) in [6, 6.07) is 48.6. The monoisotopic (exact) mass is 748 g/mol. The van der Waals surface area contributed by atoms with Crippen LogP contribution < -0.4 is 9.80 Å². The SMILES string of the molecule is N#Cc1cc(-c2ccccc2)ccc1N(c1ccccn1)c1ccc2c3c1CCC1=CC=C(N(C4=CC=C(c5ccccc5)CC4C#N)c4ccccn4)C(CC2)C13. The van der Waals surface area contributed by atoms with Crippen molar-refractivity contribution in [3.05, 3.63) is 209 Å².